The smallest absolute Gasteiger partial charge is 0.337 e. The third kappa shape index (κ3) is 6.69. The zero-order chi connectivity index (χ0) is 11.5. The van der Waals surface area contributed by atoms with Crippen molar-refractivity contribution < 1.29 is 14.3 Å². The highest BCUT2D eigenvalue weighted by Crippen LogP contribution is 1.98. The van der Waals surface area contributed by atoms with Gasteiger partial charge in [-0.05, 0) is 26.0 Å². The number of esters is 1. The molecule has 0 aliphatic rings. The first kappa shape index (κ1) is 13.7. The number of ether oxygens (including phenoxy) is 2. The van der Waals surface area contributed by atoms with Gasteiger partial charge in [0.25, 0.3) is 0 Å². The summed E-state index contributed by atoms with van der Waals surface area (Å²) in [5.41, 5.74) is 0.588. The lowest BCUT2D eigenvalue weighted by Crippen LogP contribution is -1.99. The molecule has 1 rings (SSSR count). The Balaban J connectivity index is 0.000000336. The Bertz CT molecular complexity index is 255. The normalized spacial score (nSPS) is 8.73. The average Bonchev–Trinajstić information content (AvgIpc) is 2.31. The number of methoxy groups -OCH3 is 1. The quantitative estimate of drug-likeness (QED) is 0.719. The molecule has 0 saturated heterocycles. The van der Waals surface area contributed by atoms with Crippen molar-refractivity contribution in [3.8, 4) is 0 Å². The molecule has 0 aliphatic heterocycles. The fraction of sp³-hybridized carbons (Fsp3) is 0.417. The third-order valence-electron chi connectivity index (χ3n) is 1.60. The minimum atomic E-state index is -0.291. The predicted molar refractivity (Wildman–Crippen MR) is 59.9 cm³/mol. The van der Waals surface area contributed by atoms with Crippen LogP contribution in [0.4, 0.5) is 0 Å². The van der Waals surface area contributed by atoms with Gasteiger partial charge in [0.15, 0.2) is 0 Å². The lowest BCUT2D eigenvalue weighted by atomic mass is 10.2. The van der Waals surface area contributed by atoms with Crippen molar-refractivity contribution in [1.29, 1.82) is 0 Å². The van der Waals surface area contributed by atoms with Crippen molar-refractivity contribution in [2.45, 2.75) is 13.8 Å². The highest BCUT2D eigenvalue weighted by molar-refractivity contribution is 5.89. The van der Waals surface area contributed by atoms with Gasteiger partial charge >= 0.3 is 5.97 Å². The van der Waals surface area contributed by atoms with Crippen molar-refractivity contribution in [2.75, 3.05) is 20.3 Å². The minimum absolute atomic E-state index is 0.291. The zero-order valence-electron chi connectivity index (χ0n) is 9.53. The van der Waals surface area contributed by atoms with Gasteiger partial charge < -0.3 is 9.47 Å². The molecule has 0 heterocycles. The molecule has 0 atom stereocenters. The van der Waals surface area contributed by atoms with Crippen molar-refractivity contribution in [2.24, 2.45) is 0 Å². The van der Waals surface area contributed by atoms with Crippen LogP contribution < -0.4 is 0 Å². The molecule has 0 unspecified atom stereocenters. The van der Waals surface area contributed by atoms with Crippen LogP contribution in [0.1, 0.15) is 24.2 Å². The molecule has 0 radical (unpaired) electrons. The highest BCUT2D eigenvalue weighted by Gasteiger charge is 2.00. The van der Waals surface area contributed by atoms with E-state index in [9.17, 15) is 4.79 Å². The Hall–Kier alpha value is -1.35. The van der Waals surface area contributed by atoms with Crippen molar-refractivity contribution in [3.63, 3.8) is 0 Å². The lowest BCUT2D eigenvalue weighted by molar-refractivity contribution is 0.0600. The molecule has 3 heteroatoms. The van der Waals surface area contributed by atoms with E-state index in [-0.39, 0.29) is 5.97 Å². The molecule has 0 bridgehead atoms. The molecule has 3 nitrogen and oxygen atoms in total. The van der Waals surface area contributed by atoms with Crippen LogP contribution in [0.2, 0.25) is 0 Å². The zero-order valence-corrected chi connectivity index (χ0v) is 9.53. The average molecular weight is 210 g/mol. The van der Waals surface area contributed by atoms with E-state index in [4.69, 9.17) is 4.74 Å². The number of carbonyl (C=O) groups is 1. The van der Waals surface area contributed by atoms with Crippen LogP contribution in [-0.2, 0) is 9.47 Å². The Morgan fingerprint density at radius 3 is 2.00 bits per heavy atom. The molecule has 0 fully saturated rings. The van der Waals surface area contributed by atoms with E-state index in [0.717, 1.165) is 13.2 Å². The first-order chi connectivity index (χ1) is 7.26. The fourth-order valence-corrected chi connectivity index (χ4v) is 0.896. The third-order valence-corrected chi connectivity index (χ3v) is 1.60. The molecule has 0 aromatic heterocycles. The van der Waals surface area contributed by atoms with Crippen molar-refractivity contribution >= 4 is 5.97 Å². The number of rotatable bonds is 3. The summed E-state index contributed by atoms with van der Waals surface area (Å²) in [7, 11) is 1.37. The summed E-state index contributed by atoms with van der Waals surface area (Å²) in [4.78, 5) is 10.8. The Morgan fingerprint density at radius 1 is 1.13 bits per heavy atom. The molecule has 1 aromatic carbocycles. The summed E-state index contributed by atoms with van der Waals surface area (Å²) in [5.74, 6) is -0.291. The maximum absolute atomic E-state index is 10.8. The number of hydrogen-bond donors (Lipinski definition) is 0. The van der Waals surface area contributed by atoms with Crippen LogP contribution in [0.15, 0.2) is 30.3 Å². The predicted octanol–water partition coefficient (Wildman–Crippen LogP) is 2.52. The topological polar surface area (TPSA) is 35.5 Å². The first-order valence-corrected chi connectivity index (χ1v) is 4.97. The molecule has 84 valence electrons. The van der Waals surface area contributed by atoms with Gasteiger partial charge in [0, 0.05) is 13.2 Å². The van der Waals surface area contributed by atoms with Crippen molar-refractivity contribution in [3.05, 3.63) is 35.9 Å². The summed E-state index contributed by atoms with van der Waals surface area (Å²) < 4.78 is 9.33. The van der Waals surface area contributed by atoms with Crippen LogP contribution in [0.25, 0.3) is 0 Å². The van der Waals surface area contributed by atoms with E-state index < -0.39 is 0 Å². The highest BCUT2D eigenvalue weighted by atomic mass is 16.5. The van der Waals surface area contributed by atoms with Crippen LogP contribution in [0, 0.1) is 0 Å². The molecule has 1 aromatic rings. The molecule has 15 heavy (non-hydrogen) atoms. The SMILES string of the molecule is CCOCC.COC(=O)c1ccccc1. The van der Waals surface area contributed by atoms with Crippen LogP contribution in [-0.4, -0.2) is 26.3 Å². The van der Waals surface area contributed by atoms with Crippen LogP contribution in [0.5, 0.6) is 0 Å². The standard InChI is InChI=1S/C8H8O2.C4H10O/c1-10-8(9)7-5-3-2-4-6-7;1-3-5-4-2/h2-6H,1H3;3-4H2,1-2H3. The van der Waals surface area contributed by atoms with E-state index >= 15 is 0 Å². The number of carbonyl (C=O) groups excluding carboxylic acids is 1. The monoisotopic (exact) mass is 210 g/mol. The minimum Gasteiger partial charge on any atom is -0.465 e. The van der Waals surface area contributed by atoms with Gasteiger partial charge in [-0.2, -0.15) is 0 Å². The molecular formula is C12H18O3. The number of benzene rings is 1. The van der Waals surface area contributed by atoms with Gasteiger partial charge in [-0.15, -0.1) is 0 Å². The maximum Gasteiger partial charge on any atom is 0.337 e. The summed E-state index contributed by atoms with van der Waals surface area (Å²) in [6.45, 7) is 5.67. The fourth-order valence-electron chi connectivity index (χ4n) is 0.896. The number of hydrogen-bond acceptors (Lipinski definition) is 3. The molecule has 0 amide bonds. The van der Waals surface area contributed by atoms with E-state index in [1.807, 2.05) is 19.9 Å². The maximum atomic E-state index is 10.8. The van der Waals surface area contributed by atoms with E-state index in [1.165, 1.54) is 7.11 Å². The summed E-state index contributed by atoms with van der Waals surface area (Å²) in [6, 6.07) is 8.88. The van der Waals surface area contributed by atoms with Gasteiger partial charge in [-0.3, -0.25) is 0 Å². The van der Waals surface area contributed by atoms with Gasteiger partial charge in [0.1, 0.15) is 0 Å². The van der Waals surface area contributed by atoms with Crippen molar-refractivity contribution in [1.82, 2.24) is 0 Å². The second-order valence-electron chi connectivity index (χ2n) is 2.64. The van der Waals surface area contributed by atoms with E-state index in [2.05, 4.69) is 4.74 Å². The molecule has 0 saturated carbocycles. The lowest BCUT2D eigenvalue weighted by Gasteiger charge is -1.95. The van der Waals surface area contributed by atoms with Gasteiger partial charge in [0.05, 0.1) is 12.7 Å². The summed E-state index contributed by atoms with van der Waals surface area (Å²) >= 11 is 0. The molecule has 0 N–H and O–H groups in total. The van der Waals surface area contributed by atoms with Crippen LogP contribution in [0.3, 0.4) is 0 Å². The second-order valence-corrected chi connectivity index (χ2v) is 2.64. The van der Waals surface area contributed by atoms with Gasteiger partial charge in [0.2, 0.25) is 0 Å². The molecule has 0 aliphatic carbocycles. The van der Waals surface area contributed by atoms with Gasteiger partial charge in [-0.1, -0.05) is 18.2 Å². The molecule has 0 spiro atoms. The van der Waals surface area contributed by atoms with E-state index in [1.54, 1.807) is 24.3 Å². The Morgan fingerprint density at radius 2 is 1.67 bits per heavy atom. The Labute approximate surface area is 91.0 Å². The first-order valence-electron chi connectivity index (χ1n) is 4.97. The molecular weight excluding hydrogens is 192 g/mol. The van der Waals surface area contributed by atoms with E-state index in [0.29, 0.717) is 5.56 Å². The summed E-state index contributed by atoms with van der Waals surface area (Å²) in [6.07, 6.45) is 0. The van der Waals surface area contributed by atoms with Gasteiger partial charge in [-0.25, -0.2) is 4.79 Å². The largest absolute Gasteiger partial charge is 0.465 e. The Kier molecular flexibility index (Phi) is 8.39. The second kappa shape index (κ2) is 9.21. The van der Waals surface area contributed by atoms with Crippen LogP contribution >= 0.6 is 0 Å². The summed E-state index contributed by atoms with van der Waals surface area (Å²) in [5, 5.41) is 0.